The molecular formula is C26H34N4O5. The van der Waals surface area contributed by atoms with E-state index in [1.807, 2.05) is 20.8 Å². The van der Waals surface area contributed by atoms with E-state index in [0.717, 1.165) is 5.56 Å². The van der Waals surface area contributed by atoms with Gasteiger partial charge in [-0.15, -0.1) is 0 Å². The second-order valence-electron chi connectivity index (χ2n) is 8.69. The smallest absolute Gasteiger partial charge is 0.306 e. The second kappa shape index (κ2) is 12.5. The van der Waals surface area contributed by atoms with Gasteiger partial charge in [-0.3, -0.25) is 19.8 Å². The van der Waals surface area contributed by atoms with Crippen molar-refractivity contribution in [3.8, 4) is 5.75 Å². The number of hydrogen-bond acceptors (Lipinski definition) is 6. The van der Waals surface area contributed by atoms with Gasteiger partial charge in [0.2, 0.25) is 11.8 Å². The predicted molar refractivity (Wildman–Crippen MR) is 136 cm³/mol. The van der Waals surface area contributed by atoms with Gasteiger partial charge in [0.1, 0.15) is 11.6 Å². The van der Waals surface area contributed by atoms with Crippen LogP contribution in [0.3, 0.4) is 0 Å². The van der Waals surface area contributed by atoms with E-state index in [9.17, 15) is 19.5 Å². The van der Waals surface area contributed by atoms with Gasteiger partial charge in [0.15, 0.2) is 0 Å². The summed E-state index contributed by atoms with van der Waals surface area (Å²) in [7, 11) is 0. The molecule has 5 N–H and O–H groups in total. The Labute approximate surface area is 205 Å². The number of nitrogens with zero attached hydrogens (tertiary/aromatic N) is 1. The maximum atomic E-state index is 12.9. The minimum absolute atomic E-state index is 0.0200. The number of amidine groups is 1. The van der Waals surface area contributed by atoms with Crippen molar-refractivity contribution in [2.75, 3.05) is 23.4 Å². The lowest BCUT2D eigenvalue weighted by Gasteiger charge is -2.27. The fraction of sp³-hybridized carbons (Fsp3) is 0.385. The number of rotatable bonds is 11. The summed E-state index contributed by atoms with van der Waals surface area (Å²) in [4.78, 5) is 38.8. The van der Waals surface area contributed by atoms with Crippen molar-refractivity contribution in [1.29, 1.82) is 5.41 Å². The summed E-state index contributed by atoms with van der Waals surface area (Å²) < 4.78 is 4.92. The van der Waals surface area contributed by atoms with Crippen LogP contribution in [-0.2, 0) is 25.5 Å². The molecule has 0 heterocycles. The van der Waals surface area contributed by atoms with Gasteiger partial charge in [0.25, 0.3) is 0 Å². The van der Waals surface area contributed by atoms with Gasteiger partial charge in [-0.1, -0.05) is 13.8 Å². The highest BCUT2D eigenvalue weighted by Gasteiger charge is 2.20. The molecule has 9 nitrogen and oxygen atoms in total. The Morgan fingerprint density at radius 1 is 1.14 bits per heavy atom. The number of esters is 1. The number of aryl methyl sites for hydroxylation is 1. The van der Waals surface area contributed by atoms with E-state index in [4.69, 9.17) is 15.9 Å². The molecule has 9 heteroatoms. The van der Waals surface area contributed by atoms with Gasteiger partial charge in [-0.25, -0.2) is 0 Å². The van der Waals surface area contributed by atoms with Crippen LogP contribution in [0.2, 0.25) is 0 Å². The van der Waals surface area contributed by atoms with E-state index in [0.29, 0.717) is 29.0 Å². The van der Waals surface area contributed by atoms with Gasteiger partial charge in [0, 0.05) is 35.5 Å². The fourth-order valence-electron chi connectivity index (χ4n) is 3.59. The molecule has 35 heavy (non-hydrogen) atoms. The molecule has 0 unspecified atom stereocenters. The summed E-state index contributed by atoms with van der Waals surface area (Å²) in [6.07, 6.45) is -0.0298. The van der Waals surface area contributed by atoms with E-state index in [-0.39, 0.29) is 55.2 Å². The van der Waals surface area contributed by atoms with Crippen LogP contribution in [-0.4, -0.2) is 41.9 Å². The zero-order chi connectivity index (χ0) is 26.1. The van der Waals surface area contributed by atoms with Crippen molar-refractivity contribution in [2.45, 2.75) is 47.0 Å². The molecule has 0 aliphatic heterocycles. The Kier molecular flexibility index (Phi) is 9.81. The quantitative estimate of drug-likeness (QED) is 0.219. The van der Waals surface area contributed by atoms with Crippen LogP contribution in [0.5, 0.6) is 5.75 Å². The molecule has 0 fully saturated rings. The highest BCUT2D eigenvalue weighted by Crippen LogP contribution is 2.26. The standard InChI is InChI=1S/C26H34N4O5/c1-5-35-25(34)11-10-24(33)30(15-16(2)3)21-8-7-20(12-17(21)4)29-23(32)14-19-13-18(26(27)28)6-9-22(19)31/h6-9,12-13,16,31H,5,10-11,14-15H2,1-4H3,(H3,27,28)(H,29,32). The molecule has 188 valence electrons. The number of benzene rings is 2. The first-order valence-electron chi connectivity index (χ1n) is 11.5. The van der Waals surface area contributed by atoms with Gasteiger partial charge in [0.05, 0.1) is 19.4 Å². The summed E-state index contributed by atoms with van der Waals surface area (Å²) in [6, 6.07) is 9.67. The van der Waals surface area contributed by atoms with Crippen molar-refractivity contribution in [2.24, 2.45) is 11.7 Å². The molecule has 0 aliphatic rings. The number of carbonyl (C=O) groups is 3. The molecule has 2 aromatic carbocycles. The minimum atomic E-state index is -0.403. The molecule has 2 rings (SSSR count). The Bertz CT molecular complexity index is 1100. The zero-order valence-corrected chi connectivity index (χ0v) is 20.7. The fourth-order valence-corrected chi connectivity index (χ4v) is 3.59. The SMILES string of the molecule is CCOC(=O)CCC(=O)N(CC(C)C)c1ccc(NC(=O)Cc2cc(C(=N)N)ccc2O)cc1C. The Morgan fingerprint density at radius 3 is 2.46 bits per heavy atom. The van der Waals surface area contributed by atoms with Crippen molar-refractivity contribution < 1.29 is 24.2 Å². The number of hydrogen-bond donors (Lipinski definition) is 4. The first-order valence-corrected chi connectivity index (χ1v) is 11.5. The maximum Gasteiger partial charge on any atom is 0.306 e. The number of aromatic hydroxyl groups is 1. The number of anilines is 2. The summed E-state index contributed by atoms with van der Waals surface area (Å²) in [5.41, 5.74) is 8.31. The third-order valence-corrected chi connectivity index (χ3v) is 5.21. The predicted octanol–water partition coefficient (Wildman–Crippen LogP) is 3.50. The van der Waals surface area contributed by atoms with E-state index in [1.165, 1.54) is 18.2 Å². The van der Waals surface area contributed by atoms with Crippen LogP contribution in [0.15, 0.2) is 36.4 Å². The van der Waals surface area contributed by atoms with Gasteiger partial charge < -0.3 is 25.8 Å². The third-order valence-electron chi connectivity index (χ3n) is 5.21. The molecule has 0 aliphatic carbocycles. The average molecular weight is 483 g/mol. The molecule has 0 atom stereocenters. The molecule has 0 radical (unpaired) electrons. The van der Waals surface area contributed by atoms with Crippen LogP contribution in [0.1, 0.15) is 50.3 Å². The van der Waals surface area contributed by atoms with Crippen molar-refractivity contribution >= 4 is 35.0 Å². The monoisotopic (exact) mass is 482 g/mol. The van der Waals surface area contributed by atoms with E-state index in [2.05, 4.69) is 5.32 Å². The van der Waals surface area contributed by atoms with Crippen LogP contribution in [0.4, 0.5) is 11.4 Å². The Balaban J connectivity index is 2.15. The minimum Gasteiger partial charge on any atom is -0.508 e. The third kappa shape index (κ3) is 8.13. The highest BCUT2D eigenvalue weighted by molar-refractivity contribution is 5.98. The summed E-state index contributed by atoms with van der Waals surface area (Å²) >= 11 is 0. The van der Waals surface area contributed by atoms with Crippen LogP contribution in [0.25, 0.3) is 0 Å². The molecule has 2 aromatic rings. The number of nitrogen functional groups attached to an aromatic ring is 1. The number of nitrogens with two attached hydrogens (primary N) is 1. The number of amides is 2. The largest absolute Gasteiger partial charge is 0.508 e. The lowest BCUT2D eigenvalue weighted by atomic mass is 10.1. The lowest BCUT2D eigenvalue weighted by molar-refractivity contribution is -0.144. The molecule has 0 aromatic heterocycles. The number of phenols is 1. The van der Waals surface area contributed by atoms with Gasteiger partial charge in [-0.2, -0.15) is 0 Å². The number of carbonyl (C=O) groups excluding carboxylic acids is 3. The summed E-state index contributed by atoms with van der Waals surface area (Å²) in [5.74, 6) is -0.924. The Hall–Kier alpha value is -3.88. The molecule has 0 saturated heterocycles. The van der Waals surface area contributed by atoms with E-state index in [1.54, 1.807) is 30.0 Å². The van der Waals surface area contributed by atoms with Gasteiger partial charge in [-0.05, 0) is 61.7 Å². The van der Waals surface area contributed by atoms with Crippen molar-refractivity contribution in [3.63, 3.8) is 0 Å². The topological polar surface area (TPSA) is 146 Å². The molecule has 0 spiro atoms. The number of ether oxygens (including phenoxy) is 1. The zero-order valence-electron chi connectivity index (χ0n) is 20.7. The summed E-state index contributed by atoms with van der Waals surface area (Å²) in [6.45, 7) is 8.34. The van der Waals surface area contributed by atoms with Crippen LogP contribution >= 0.6 is 0 Å². The average Bonchev–Trinajstić information content (AvgIpc) is 2.77. The van der Waals surface area contributed by atoms with E-state index >= 15 is 0 Å². The number of phenolic OH excluding ortho intramolecular Hbond substituents is 1. The summed E-state index contributed by atoms with van der Waals surface area (Å²) in [5, 5.41) is 20.4. The first-order chi connectivity index (χ1) is 16.5. The van der Waals surface area contributed by atoms with Gasteiger partial charge >= 0.3 is 5.97 Å². The normalized spacial score (nSPS) is 10.7. The van der Waals surface area contributed by atoms with Crippen LogP contribution < -0.4 is 16.0 Å². The first kappa shape index (κ1) is 27.4. The molecule has 0 saturated carbocycles. The molecule has 2 amide bonds. The Morgan fingerprint density at radius 2 is 1.86 bits per heavy atom. The maximum absolute atomic E-state index is 12.9. The molecule has 0 bridgehead atoms. The van der Waals surface area contributed by atoms with Crippen molar-refractivity contribution in [3.05, 3.63) is 53.1 Å². The van der Waals surface area contributed by atoms with E-state index < -0.39 is 5.97 Å². The molecular weight excluding hydrogens is 448 g/mol. The highest BCUT2D eigenvalue weighted by atomic mass is 16.5. The van der Waals surface area contributed by atoms with Crippen molar-refractivity contribution in [1.82, 2.24) is 0 Å². The second-order valence-corrected chi connectivity index (χ2v) is 8.69. The van der Waals surface area contributed by atoms with Crippen LogP contribution in [0, 0.1) is 18.3 Å². The lowest BCUT2D eigenvalue weighted by Crippen LogP contribution is -2.35. The number of nitrogens with one attached hydrogen (secondary N) is 2.